The molecule has 0 saturated carbocycles. The zero-order valence-corrected chi connectivity index (χ0v) is 10.9. The molecule has 2 heterocycles. The number of carbonyl (C=O) groups excluding carboxylic acids is 1. The highest BCUT2D eigenvalue weighted by Crippen LogP contribution is 2.14. The lowest BCUT2D eigenvalue weighted by atomic mass is 10.1. The summed E-state index contributed by atoms with van der Waals surface area (Å²) in [4.78, 5) is 15.1. The average Bonchev–Trinajstić information content (AvgIpc) is 3.13. The number of hydrogen-bond donors (Lipinski definition) is 2. The maximum Gasteiger partial charge on any atom is 0.251 e. The summed E-state index contributed by atoms with van der Waals surface area (Å²) >= 11 is 0. The van der Waals surface area contributed by atoms with Gasteiger partial charge in [0.25, 0.3) is 5.91 Å². The second-order valence-electron chi connectivity index (χ2n) is 4.56. The van der Waals surface area contributed by atoms with Crippen LogP contribution in [0.4, 0.5) is 0 Å². The van der Waals surface area contributed by atoms with Crippen molar-refractivity contribution < 1.29 is 4.79 Å². The number of nitrogens with one attached hydrogen (secondary N) is 2. The SMILES string of the molecule is O=C(NCCCn1ccnn1)c1ccc2[nH]ccc2c1. The number of rotatable bonds is 5. The number of H-pyrrole nitrogens is 1. The summed E-state index contributed by atoms with van der Waals surface area (Å²) in [6.45, 7) is 1.36. The number of nitrogens with zero attached hydrogens (tertiary/aromatic N) is 3. The molecule has 0 bridgehead atoms. The third-order valence-corrected chi connectivity index (χ3v) is 3.14. The number of benzene rings is 1. The fourth-order valence-corrected chi connectivity index (χ4v) is 2.09. The molecule has 0 aliphatic carbocycles. The van der Waals surface area contributed by atoms with E-state index in [9.17, 15) is 4.79 Å². The minimum Gasteiger partial charge on any atom is -0.361 e. The third kappa shape index (κ3) is 2.69. The van der Waals surface area contributed by atoms with Crippen molar-refractivity contribution in [2.75, 3.05) is 6.54 Å². The summed E-state index contributed by atoms with van der Waals surface area (Å²) in [6.07, 6.45) is 6.14. The zero-order chi connectivity index (χ0) is 13.8. The summed E-state index contributed by atoms with van der Waals surface area (Å²) in [6, 6.07) is 7.58. The van der Waals surface area contributed by atoms with Crippen LogP contribution in [0.25, 0.3) is 10.9 Å². The Morgan fingerprint density at radius 3 is 3.15 bits per heavy atom. The van der Waals surface area contributed by atoms with Gasteiger partial charge in [-0.05, 0) is 30.7 Å². The smallest absolute Gasteiger partial charge is 0.251 e. The van der Waals surface area contributed by atoms with Gasteiger partial charge in [0.2, 0.25) is 0 Å². The largest absolute Gasteiger partial charge is 0.361 e. The predicted octanol–water partition coefficient (Wildman–Crippen LogP) is 1.58. The normalized spacial score (nSPS) is 10.8. The highest BCUT2D eigenvalue weighted by molar-refractivity contribution is 5.98. The van der Waals surface area contributed by atoms with Gasteiger partial charge in [-0.25, -0.2) is 0 Å². The molecule has 0 atom stereocenters. The second kappa shape index (κ2) is 5.56. The summed E-state index contributed by atoms with van der Waals surface area (Å²) in [5.41, 5.74) is 1.71. The van der Waals surface area contributed by atoms with Crippen LogP contribution in [0, 0.1) is 0 Å². The number of hydrogen-bond acceptors (Lipinski definition) is 3. The van der Waals surface area contributed by atoms with Crippen molar-refractivity contribution in [1.29, 1.82) is 0 Å². The molecule has 6 heteroatoms. The van der Waals surface area contributed by atoms with Gasteiger partial charge < -0.3 is 10.3 Å². The third-order valence-electron chi connectivity index (χ3n) is 3.14. The quantitative estimate of drug-likeness (QED) is 0.690. The number of carbonyl (C=O) groups is 1. The van der Waals surface area contributed by atoms with Gasteiger partial charge in [0.15, 0.2) is 0 Å². The molecule has 3 rings (SSSR count). The fourth-order valence-electron chi connectivity index (χ4n) is 2.09. The highest BCUT2D eigenvalue weighted by Gasteiger charge is 2.06. The van der Waals surface area contributed by atoms with Crippen LogP contribution < -0.4 is 5.32 Å². The van der Waals surface area contributed by atoms with Crippen molar-refractivity contribution in [3.63, 3.8) is 0 Å². The van der Waals surface area contributed by atoms with Crippen molar-refractivity contribution >= 4 is 16.8 Å². The van der Waals surface area contributed by atoms with Crippen LogP contribution in [0.5, 0.6) is 0 Å². The van der Waals surface area contributed by atoms with E-state index >= 15 is 0 Å². The van der Waals surface area contributed by atoms with Gasteiger partial charge in [-0.1, -0.05) is 5.21 Å². The summed E-state index contributed by atoms with van der Waals surface area (Å²) in [5, 5.41) is 11.5. The molecular weight excluding hydrogens is 254 g/mol. The van der Waals surface area contributed by atoms with E-state index < -0.39 is 0 Å². The lowest BCUT2D eigenvalue weighted by Gasteiger charge is -2.05. The van der Waals surface area contributed by atoms with Crippen LogP contribution in [-0.4, -0.2) is 32.4 Å². The van der Waals surface area contributed by atoms with E-state index in [1.165, 1.54) is 0 Å². The van der Waals surface area contributed by atoms with Gasteiger partial charge in [0.05, 0.1) is 6.20 Å². The van der Waals surface area contributed by atoms with E-state index in [-0.39, 0.29) is 5.91 Å². The van der Waals surface area contributed by atoms with Crippen LogP contribution in [0.2, 0.25) is 0 Å². The molecular formula is C14H15N5O. The monoisotopic (exact) mass is 269 g/mol. The summed E-state index contributed by atoms with van der Waals surface area (Å²) in [5.74, 6) is -0.0494. The van der Waals surface area contributed by atoms with Crippen LogP contribution in [0.15, 0.2) is 42.9 Å². The van der Waals surface area contributed by atoms with Gasteiger partial charge in [-0.15, -0.1) is 5.10 Å². The van der Waals surface area contributed by atoms with Gasteiger partial charge in [-0.3, -0.25) is 9.48 Å². The van der Waals surface area contributed by atoms with Gasteiger partial charge >= 0.3 is 0 Å². The first kappa shape index (κ1) is 12.4. The van der Waals surface area contributed by atoms with E-state index in [1.54, 1.807) is 10.9 Å². The van der Waals surface area contributed by atoms with Crippen molar-refractivity contribution in [2.45, 2.75) is 13.0 Å². The number of fused-ring (bicyclic) bond motifs is 1. The van der Waals surface area contributed by atoms with Crippen LogP contribution in [-0.2, 0) is 6.54 Å². The molecule has 1 amide bonds. The molecule has 20 heavy (non-hydrogen) atoms. The van der Waals surface area contributed by atoms with Crippen LogP contribution >= 0.6 is 0 Å². The van der Waals surface area contributed by atoms with E-state index in [0.29, 0.717) is 12.1 Å². The first-order valence-electron chi connectivity index (χ1n) is 6.52. The minimum absolute atomic E-state index is 0.0494. The standard InChI is InChI=1S/C14H15N5O/c20-14(16-5-1-8-19-9-7-17-18-19)12-2-3-13-11(10-12)4-6-15-13/h2-4,6-7,9-10,15H,1,5,8H2,(H,16,20). The van der Waals surface area contributed by atoms with E-state index in [4.69, 9.17) is 0 Å². The van der Waals surface area contributed by atoms with Gasteiger partial charge in [0.1, 0.15) is 0 Å². The maximum absolute atomic E-state index is 12.0. The number of aromatic amines is 1. The van der Waals surface area contributed by atoms with E-state index in [1.807, 2.05) is 36.7 Å². The molecule has 0 saturated heterocycles. The fraction of sp³-hybridized carbons (Fsp3) is 0.214. The Morgan fingerprint density at radius 2 is 2.30 bits per heavy atom. The summed E-state index contributed by atoms with van der Waals surface area (Å²) < 4.78 is 1.75. The van der Waals surface area contributed by atoms with E-state index in [2.05, 4.69) is 20.6 Å². The molecule has 1 aromatic carbocycles. The Bertz CT molecular complexity index is 701. The Morgan fingerprint density at radius 1 is 1.35 bits per heavy atom. The van der Waals surface area contributed by atoms with Crippen molar-refractivity contribution in [2.24, 2.45) is 0 Å². The first-order valence-corrected chi connectivity index (χ1v) is 6.52. The molecule has 2 N–H and O–H groups in total. The molecule has 0 spiro atoms. The lowest BCUT2D eigenvalue weighted by molar-refractivity contribution is 0.0952. The molecule has 102 valence electrons. The molecule has 6 nitrogen and oxygen atoms in total. The molecule has 0 aliphatic heterocycles. The number of aromatic nitrogens is 4. The lowest BCUT2D eigenvalue weighted by Crippen LogP contribution is -2.25. The van der Waals surface area contributed by atoms with Crippen molar-refractivity contribution in [1.82, 2.24) is 25.3 Å². The molecule has 0 fully saturated rings. The molecule has 0 unspecified atom stereocenters. The summed E-state index contributed by atoms with van der Waals surface area (Å²) in [7, 11) is 0. The molecule has 0 radical (unpaired) electrons. The van der Waals surface area contributed by atoms with Crippen molar-refractivity contribution in [3.8, 4) is 0 Å². The van der Waals surface area contributed by atoms with Gasteiger partial charge in [-0.2, -0.15) is 0 Å². The van der Waals surface area contributed by atoms with E-state index in [0.717, 1.165) is 23.9 Å². The topological polar surface area (TPSA) is 75.6 Å². The molecule has 3 aromatic rings. The minimum atomic E-state index is -0.0494. The molecule has 2 aromatic heterocycles. The van der Waals surface area contributed by atoms with Crippen LogP contribution in [0.3, 0.4) is 0 Å². The number of amides is 1. The molecule has 0 aliphatic rings. The Kier molecular flexibility index (Phi) is 3.45. The first-order chi connectivity index (χ1) is 9.83. The Balaban J connectivity index is 1.53. The van der Waals surface area contributed by atoms with Gasteiger partial charge in [0, 0.05) is 41.9 Å². The van der Waals surface area contributed by atoms with Crippen molar-refractivity contribution in [3.05, 3.63) is 48.4 Å². The maximum atomic E-state index is 12.0. The Hall–Kier alpha value is -2.63. The Labute approximate surface area is 115 Å². The zero-order valence-electron chi connectivity index (χ0n) is 10.9. The second-order valence-corrected chi connectivity index (χ2v) is 4.56. The van der Waals surface area contributed by atoms with Crippen LogP contribution in [0.1, 0.15) is 16.8 Å². The predicted molar refractivity (Wildman–Crippen MR) is 75.3 cm³/mol. The number of aryl methyl sites for hydroxylation is 1. The highest BCUT2D eigenvalue weighted by atomic mass is 16.1. The average molecular weight is 269 g/mol.